The van der Waals surface area contributed by atoms with Crippen LogP contribution >= 0.6 is 0 Å². The smallest absolute Gasteiger partial charge is 0 e. The molecule has 0 N–H and O–H groups in total. The topological polar surface area (TPSA) is 0 Å². The summed E-state index contributed by atoms with van der Waals surface area (Å²) in [6, 6.07) is 0. The summed E-state index contributed by atoms with van der Waals surface area (Å²) in [6.45, 7) is 7.56. The van der Waals surface area contributed by atoms with Gasteiger partial charge < -0.3 is 0 Å². The molecular weight excluding hydrogens is 238 g/mol. The van der Waals surface area contributed by atoms with Crippen LogP contribution in [-0.4, -0.2) is 0 Å². The van der Waals surface area contributed by atoms with Crippen LogP contribution in [0, 0.1) is 5.92 Å². The zero-order valence-corrected chi connectivity index (χ0v) is 10.6. The molecule has 0 aromatic carbocycles. The van der Waals surface area contributed by atoms with E-state index < -0.39 is 0 Å². The van der Waals surface area contributed by atoms with Crippen molar-refractivity contribution in [3.63, 3.8) is 0 Å². The molecule has 0 aromatic rings. The van der Waals surface area contributed by atoms with E-state index in [1.165, 1.54) is 5.92 Å². The van der Waals surface area contributed by atoms with Gasteiger partial charge in [0.15, 0.2) is 0 Å². The van der Waals surface area contributed by atoms with E-state index >= 15 is 0 Å². The van der Waals surface area contributed by atoms with E-state index in [-0.39, 0.29) is 65.4 Å². The van der Waals surface area contributed by atoms with Crippen molar-refractivity contribution in [2.75, 3.05) is 0 Å². The summed E-state index contributed by atoms with van der Waals surface area (Å²) in [5.41, 5.74) is 0. The van der Waals surface area contributed by atoms with Crippen molar-refractivity contribution in [1.29, 1.82) is 0 Å². The van der Waals surface area contributed by atoms with Gasteiger partial charge in [0.1, 0.15) is 0 Å². The largest absolute Gasteiger partial charge is 0.245 e. The Kier molecular flexibility index (Phi) is 24.4. The summed E-state index contributed by atoms with van der Waals surface area (Å²) in [4.78, 5) is 0. The average Bonchev–Trinajstić information content (AvgIpc) is 1.38. The number of rotatable bonds is 1. The van der Waals surface area contributed by atoms with Crippen molar-refractivity contribution in [2.24, 2.45) is 0 Å². The SMILES string of the molecule is C=C[C-](C)C.[Y].[Y]. The second kappa shape index (κ2) is 10.7. The molecule has 0 spiro atoms. The van der Waals surface area contributed by atoms with Crippen molar-refractivity contribution in [3.8, 4) is 0 Å². The molecule has 0 amide bonds. The fourth-order valence-corrected chi connectivity index (χ4v) is 0. The van der Waals surface area contributed by atoms with E-state index in [1.54, 1.807) is 0 Å². The van der Waals surface area contributed by atoms with E-state index in [9.17, 15) is 0 Å². The van der Waals surface area contributed by atoms with Gasteiger partial charge in [-0.05, 0) is 0 Å². The van der Waals surface area contributed by atoms with Crippen LogP contribution in [0.25, 0.3) is 0 Å². The summed E-state index contributed by atoms with van der Waals surface area (Å²) < 4.78 is 0. The van der Waals surface area contributed by atoms with Crippen molar-refractivity contribution in [2.45, 2.75) is 13.8 Å². The fraction of sp³-hybridized carbons (Fsp3) is 0.400. The molecule has 0 fully saturated rings. The molecule has 2 heteroatoms. The van der Waals surface area contributed by atoms with Crippen molar-refractivity contribution < 1.29 is 65.4 Å². The van der Waals surface area contributed by atoms with Crippen LogP contribution < -0.4 is 0 Å². The Morgan fingerprint density at radius 1 is 1.29 bits per heavy atom. The molecule has 36 valence electrons. The summed E-state index contributed by atoms with van der Waals surface area (Å²) in [7, 11) is 0. The monoisotopic (exact) mass is 247 g/mol. The molecule has 0 aliphatic heterocycles. The summed E-state index contributed by atoms with van der Waals surface area (Å²) in [5.74, 6) is 1.27. The third-order valence-electron chi connectivity index (χ3n) is 0.408. The molecule has 2 radical (unpaired) electrons. The third kappa shape index (κ3) is 18.2. The molecule has 0 aliphatic rings. The van der Waals surface area contributed by atoms with Crippen LogP contribution in [0.2, 0.25) is 0 Å². The first-order valence-corrected chi connectivity index (χ1v) is 1.70. The first-order chi connectivity index (χ1) is 2.27. The van der Waals surface area contributed by atoms with Crippen LogP contribution in [0.5, 0.6) is 0 Å². The summed E-state index contributed by atoms with van der Waals surface area (Å²) in [6.07, 6.45) is 1.83. The second-order valence-electron chi connectivity index (χ2n) is 1.28. The van der Waals surface area contributed by atoms with Crippen LogP contribution in [0.3, 0.4) is 0 Å². The zero-order chi connectivity index (χ0) is 4.28. The molecule has 0 saturated heterocycles. The molecule has 0 heterocycles. The Bertz CT molecular complexity index is 33.1. The van der Waals surface area contributed by atoms with Crippen molar-refractivity contribution in [3.05, 3.63) is 18.6 Å². The van der Waals surface area contributed by atoms with Crippen LogP contribution in [-0.2, 0) is 65.4 Å². The van der Waals surface area contributed by atoms with Gasteiger partial charge in [0, 0.05) is 65.4 Å². The van der Waals surface area contributed by atoms with Gasteiger partial charge in [-0.2, -0.15) is 0 Å². The Morgan fingerprint density at radius 3 is 1.43 bits per heavy atom. The van der Waals surface area contributed by atoms with Gasteiger partial charge in [-0.25, -0.2) is 18.6 Å². The van der Waals surface area contributed by atoms with Crippen molar-refractivity contribution >= 4 is 0 Å². The number of hydrogen-bond donors (Lipinski definition) is 0. The van der Waals surface area contributed by atoms with Gasteiger partial charge in [-0.1, -0.05) is 0 Å². The molecule has 7 heavy (non-hydrogen) atoms. The first-order valence-electron chi connectivity index (χ1n) is 1.70. The predicted molar refractivity (Wildman–Crippen MR) is 24.8 cm³/mol. The van der Waals surface area contributed by atoms with E-state index in [0.717, 1.165) is 0 Å². The average molecular weight is 247 g/mol. The van der Waals surface area contributed by atoms with E-state index in [0.29, 0.717) is 0 Å². The molecule has 0 saturated carbocycles. The second-order valence-corrected chi connectivity index (χ2v) is 1.28. The summed E-state index contributed by atoms with van der Waals surface area (Å²) >= 11 is 0. The van der Waals surface area contributed by atoms with Gasteiger partial charge in [-0.3, -0.25) is 0 Å². The number of hydrogen-bond acceptors (Lipinski definition) is 0. The maximum atomic E-state index is 3.52. The van der Waals surface area contributed by atoms with E-state index in [4.69, 9.17) is 0 Å². The van der Waals surface area contributed by atoms with Gasteiger partial charge >= 0.3 is 0 Å². The van der Waals surface area contributed by atoms with Gasteiger partial charge in [0.05, 0.1) is 0 Å². The standard InChI is InChI=1S/C5H9.2Y/c1-4-5(2)3;;/h4H,1H2,2-3H3;;/q-1;;. The molecule has 0 bridgehead atoms. The minimum Gasteiger partial charge on any atom is -0.245 e. The van der Waals surface area contributed by atoms with Gasteiger partial charge in [0.25, 0.3) is 0 Å². The maximum absolute atomic E-state index is 3.52. The van der Waals surface area contributed by atoms with Crippen LogP contribution in [0.1, 0.15) is 13.8 Å². The van der Waals surface area contributed by atoms with E-state index in [2.05, 4.69) is 6.58 Å². The van der Waals surface area contributed by atoms with Crippen LogP contribution in [0.15, 0.2) is 12.7 Å². The third-order valence-corrected chi connectivity index (χ3v) is 0.408. The predicted octanol–water partition coefficient (Wildman–Crippen LogP) is 1.78. The molecule has 0 atom stereocenters. The minimum absolute atomic E-state index is 0. The molecule has 0 rings (SSSR count). The quantitative estimate of drug-likeness (QED) is 0.619. The van der Waals surface area contributed by atoms with Gasteiger partial charge in [0.2, 0.25) is 0 Å². The van der Waals surface area contributed by atoms with Crippen LogP contribution in [0.4, 0.5) is 0 Å². The minimum atomic E-state index is 0. The molecule has 0 nitrogen and oxygen atoms in total. The number of allylic oxidation sites excluding steroid dienone is 1. The Morgan fingerprint density at radius 2 is 1.43 bits per heavy atom. The Labute approximate surface area is 96.3 Å². The zero-order valence-electron chi connectivity index (χ0n) is 4.94. The van der Waals surface area contributed by atoms with Crippen molar-refractivity contribution in [1.82, 2.24) is 0 Å². The molecule has 0 unspecified atom stereocenters. The Balaban J connectivity index is -0.0000000800. The normalized spacial score (nSPS) is 4.86. The Hall–Kier alpha value is 1.82. The molecular formula is C5H9Y2-. The van der Waals surface area contributed by atoms with Gasteiger partial charge in [-0.15, -0.1) is 13.8 Å². The van der Waals surface area contributed by atoms with E-state index in [1.807, 2.05) is 19.9 Å². The first kappa shape index (κ1) is 15.9. The fourth-order valence-electron chi connectivity index (χ4n) is 0. The molecule has 0 aromatic heterocycles. The molecule has 0 aliphatic carbocycles. The maximum Gasteiger partial charge on any atom is 0 e. The summed E-state index contributed by atoms with van der Waals surface area (Å²) in [5, 5.41) is 0.